The first-order valence-electron chi connectivity index (χ1n) is 8.19. The van der Waals surface area contributed by atoms with E-state index in [0.29, 0.717) is 9.23 Å². The van der Waals surface area contributed by atoms with Gasteiger partial charge in [0, 0.05) is 6.54 Å². The number of hydrogen-bond donors (Lipinski definition) is 0. The third-order valence-corrected chi connectivity index (χ3v) is 5.81. The molecule has 2 heterocycles. The van der Waals surface area contributed by atoms with E-state index in [2.05, 4.69) is 0 Å². The summed E-state index contributed by atoms with van der Waals surface area (Å²) < 4.78 is 5.91. The second kappa shape index (κ2) is 7.97. The molecule has 1 aromatic rings. The largest absolute Gasteiger partial charge is 0.465 e. The van der Waals surface area contributed by atoms with E-state index in [0.717, 1.165) is 24.6 Å². The number of carbonyl (C=O) groups excluding carboxylic acids is 1. The highest BCUT2D eigenvalue weighted by atomic mass is 32.2. The van der Waals surface area contributed by atoms with E-state index in [1.54, 1.807) is 11.2 Å². The standard InChI is InChI=1S/C18H21NO2S2/c20-17-16(10-4-8-15-9-5-13-21-15)23-18(22)19(17)12-11-14-6-2-1-3-7-14/h4-5,8-10,13-14H,1-3,6-7,11-12H2. The number of thiocarbonyl (C=S) groups is 1. The molecule has 0 spiro atoms. The fraction of sp³-hybridized carbons (Fsp3) is 0.444. The zero-order valence-corrected chi connectivity index (χ0v) is 14.7. The topological polar surface area (TPSA) is 33.5 Å². The number of furan rings is 1. The Morgan fingerprint density at radius 3 is 2.91 bits per heavy atom. The van der Waals surface area contributed by atoms with E-state index >= 15 is 0 Å². The Kier molecular flexibility index (Phi) is 5.73. The molecule has 0 radical (unpaired) electrons. The lowest BCUT2D eigenvalue weighted by Gasteiger charge is -2.23. The van der Waals surface area contributed by atoms with Gasteiger partial charge in [-0.1, -0.05) is 62.2 Å². The minimum absolute atomic E-state index is 0.0416. The van der Waals surface area contributed by atoms with Crippen LogP contribution in [0.15, 0.2) is 39.9 Å². The van der Waals surface area contributed by atoms with Gasteiger partial charge in [0.1, 0.15) is 10.1 Å². The highest BCUT2D eigenvalue weighted by Crippen LogP contribution is 2.33. The lowest BCUT2D eigenvalue weighted by atomic mass is 9.87. The summed E-state index contributed by atoms with van der Waals surface area (Å²) in [5, 5.41) is 0. The first-order valence-corrected chi connectivity index (χ1v) is 9.42. The fourth-order valence-electron chi connectivity index (χ4n) is 3.11. The Morgan fingerprint density at radius 1 is 1.35 bits per heavy atom. The van der Waals surface area contributed by atoms with Crippen LogP contribution in [-0.4, -0.2) is 21.7 Å². The SMILES string of the molecule is O=C1C(=CC=Cc2ccco2)SC(=S)N1CCC1CCCCC1. The van der Waals surface area contributed by atoms with Crippen molar-refractivity contribution in [1.29, 1.82) is 0 Å². The summed E-state index contributed by atoms with van der Waals surface area (Å²) in [6.07, 6.45) is 14.8. The van der Waals surface area contributed by atoms with Gasteiger partial charge >= 0.3 is 0 Å². The monoisotopic (exact) mass is 347 g/mol. The van der Waals surface area contributed by atoms with Gasteiger partial charge in [-0.2, -0.15) is 0 Å². The molecule has 1 aliphatic heterocycles. The van der Waals surface area contributed by atoms with Gasteiger partial charge in [-0.05, 0) is 36.6 Å². The van der Waals surface area contributed by atoms with Gasteiger partial charge in [0.25, 0.3) is 5.91 Å². The molecular formula is C18H21NO2S2. The van der Waals surface area contributed by atoms with Crippen LogP contribution >= 0.6 is 24.0 Å². The summed E-state index contributed by atoms with van der Waals surface area (Å²) in [6.45, 7) is 0.759. The first kappa shape index (κ1) is 16.5. The van der Waals surface area contributed by atoms with Gasteiger partial charge in [0.15, 0.2) is 0 Å². The Morgan fingerprint density at radius 2 is 2.17 bits per heavy atom. The maximum Gasteiger partial charge on any atom is 0.266 e. The number of nitrogens with zero attached hydrogens (tertiary/aromatic N) is 1. The lowest BCUT2D eigenvalue weighted by Crippen LogP contribution is -2.30. The maximum atomic E-state index is 12.5. The summed E-state index contributed by atoms with van der Waals surface area (Å²) in [5.41, 5.74) is 0. The van der Waals surface area contributed by atoms with Crippen molar-refractivity contribution in [2.45, 2.75) is 38.5 Å². The van der Waals surface area contributed by atoms with Gasteiger partial charge < -0.3 is 4.42 Å². The van der Waals surface area contributed by atoms with Crippen LogP contribution in [0.25, 0.3) is 6.08 Å². The van der Waals surface area contributed by atoms with E-state index in [-0.39, 0.29) is 5.91 Å². The maximum absolute atomic E-state index is 12.5. The molecule has 5 heteroatoms. The van der Waals surface area contributed by atoms with Crippen molar-refractivity contribution >= 4 is 40.3 Å². The van der Waals surface area contributed by atoms with Gasteiger partial charge in [-0.25, -0.2) is 0 Å². The Bertz CT molecular complexity index is 613. The van der Waals surface area contributed by atoms with E-state index in [9.17, 15) is 4.79 Å². The predicted octanol–water partition coefficient (Wildman–Crippen LogP) is 5.01. The van der Waals surface area contributed by atoms with Crippen LogP contribution < -0.4 is 0 Å². The van der Waals surface area contributed by atoms with Gasteiger partial charge in [-0.15, -0.1) is 0 Å². The molecule has 3 rings (SSSR count). The van der Waals surface area contributed by atoms with Crippen molar-refractivity contribution in [2.75, 3.05) is 6.54 Å². The molecule has 0 unspecified atom stereocenters. The van der Waals surface area contributed by atoms with E-state index < -0.39 is 0 Å². The normalized spacial score (nSPS) is 21.9. The number of carbonyl (C=O) groups is 1. The highest BCUT2D eigenvalue weighted by molar-refractivity contribution is 8.26. The van der Waals surface area contributed by atoms with Crippen LogP contribution in [0.5, 0.6) is 0 Å². The van der Waals surface area contributed by atoms with Gasteiger partial charge in [0.2, 0.25) is 0 Å². The number of amides is 1. The third-order valence-electron chi connectivity index (χ3n) is 4.41. The molecule has 0 atom stereocenters. The molecule has 3 nitrogen and oxygen atoms in total. The van der Waals surface area contributed by atoms with Crippen molar-refractivity contribution in [3.8, 4) is 0 Å². The first-order chi connectivity index (χ1) is 11.2. The second-order valence-corrected chi connectivity index (χ2v) is 7.70. The summed E-state index contributed by atoms with van der Waals surface area (Å²) in [6, 6.07) is 3.71. The molecule has 1 saturated heterocycles. The number of rotatable bonds is 5. The molecule has 122 valence electrons. The Hall–Kier alpha value is -1.33. The smallest absolute Gasteiger partial charge is 0.266 e. The summed E-state index contributed by atoms with van der Waals surface area (Å²) in [5.74, 6) is 1.57. The zero-order chi connectivity index (χ0) is 16.1. The van der Waals surface area contributed by atoms with Crippen molar-refractivity contribution < 1.29 is 9.21 Å². The van der Waals surface area contributed by atoms with Crippen LogP contribution in [0.4, 0.5) is 0 Å². The molecule has 1 aliphatic carbocycles. The van der Waals surface area contributed by atoms with Gasteiger partial charge in [-0.3, -0.25) is 9.69 Å². The minimum atomic E-state index is 0.0416. The number of hydrogen-bond acceptors (Lipinski definition) is 4. The van der Waals surface area contributed by atoms with Crippen molar-refractivity contribution in [2.24, 2.45) is 5.92 Å². The third kappa shape index (κ3) is 4.36. The van der Waals surface area contributed by atoms with Crippen molar-refractivity contribution in [1.82, 2.24) is 4.90 Å². The van der Waals surface area contributed by atoms with Crippen molar-refractivity contribution in [3.63, 3.8) is 0 Å². The highest BCUT2D eigenvalue weighted by Gasteiger charge is 2.31. The molecule has 1 amide bonds. The predicted molar refractivity (Wildman–Crippen MR) is 98.9 cm³/mol. The summed E-state index contributed by atoms with van der Waals surface area (Å²) >= 11 is 6.77. The van der Waals surface area contributed by atoms with E-state index in [1.165, 1.54) is 43.9 Å². The summed E-state index contributed by atoms with van der Waals surface area (Å²) in [4.78, 5) is 14.9. The minimum Gasteiger partial charge on any atom is -0.465 e. The van der Waals surface area contributed by atoms with E-state index in [1.807, 2.05) is 30.4 Å². The van der Waals surface area contributed by atoms with Crippen LogP contribution in [-0.2, 0) is 4.79 Å². The van der Waals surface area contributed by atoms with Crippen LogP contribution in [0, 0.1) is 5.92 Å². The molecule has 1 saturated carbocycles. The van der Waals surface area contributed by atoms with Crippen LogP contribution in [0.3, 0.4) is 0 Å². The molecule has 2 aliphatic rings. The molecule has 1 aromatic heterocycles. The van der Waals surface area contributed by atoms with Crippen molar-refractivity contribution in [3.05, 3.63) is 41.2 Å². The van der Waals surface area contributed by atoms with Crippen LogP contribution in [0.2, 0.25) is 0 Å². The van der Waals surface area contributed by atoms with Crippen LogP contribution in [0.1, 0.15) is 44.3 Å². The number of allylic oxidation sites excluding steroid dienone is 2. The number of thioether (sulfide) groups is 1. The molecular weight excluding hydrogens is 326 g/mol. The molecule has 0 aromatic carbocycles. The Labute approximate surface area is 146 Å². The molecule has 23 heavy (non-hydrogen) atoms. The zero-order valence-electron chi connectivity index (χ0n) is 13.1. The fourth-order valence-corrected chi connectivity index (χ4v) is 4.37. The molecule has 0 N–H and O–H groups in total. The van der Waals surface area contributed by atoms with Gasteiger partial charge in [0.05, 0.1) is 11.2 Å². The molecule has 2 fully saturated rings. The average molecular weight is 348 g/mol. The summed E-state index contributed by atoms with van der Waals surface area (Å²) in [7, 11) is 0. The second-order valence-electron chi connectivity index (χ2n) is 6.02. The Balaban J connectivity index is 1.56. The quantitative estimate of drug-likeness (QED) is 0.554. The van der Waals surface area contributed by atoms with E-state index in [4.69, 9.17) is 16.6 Å². The molecule has 0 bridgehead atoms. The average Bonchev–Trinajstić information content (AvgIpc) is 3.16. The lowest BCUT2D eigenvalue weighted by molar-refractivity contribution is -0.122.